The summed E-state index contributed by atoms with van der Waals surface area (Å²) in [6.07, 6.45) is 0. The Morgan fingerprint density at radius 3 is 2.08 bits per heavy atom. The smallest absolute Gasteiger partial charge is 0.0746 e. The van der Waals surface area contributed by atoms with Crippen molar-refractivity contribution < 1.29 is 4.18 Å². The van der Waals surface area contributed by atoms with Crippen molar-refractivity contribution in [3.05, 3.63) is 66.7 Å². The highest BCUT2D eigenvalue weighted by atomic mass is 33.7. The van der Waals surface area contributed by atoms with Crippen LogP contribution in [0.4, 0.5) is 0 Å². The van der Waals surface area contributed by atoms with Gasteiger partial charge in [0.2, 0.25) is 0 Å². The maximum atomic E-state index is 5.01. The zero-order valence-corrected chi connectivity index (χ0v) is 16.2. The Morgan fingerprint density at radius 2 is 1.33 bits per heavy atom. The SMILES string of the molecule is COSSSSc1cccc2cc3cc4ccccc4cc3cc12. The van der Waals surface area contributed by atoms with Gasteiger partial charge in [0.1, 0.15) is 0 Å². The zero-order chi connectivity index (χ0) is 16.4. The van der Waals surface area contributed by atoms with Crippen molar-refractivity contribution in [3.8, 4) is 0 Å². The number of fused-ring (bicyclic) bond motifs is 3. The lowest BCUT2D eigenvalue weighted by Crippen LogP contribution is -1.80. The summed E-state index contributed by atoms with van der Waals surface area (Å²) in [7, 11) is 6.83. The van der Waals surface area contributed by atoms with Crippen LogP contribution in [0.15, 0.2) is 71.6 Å². The monoisotopic (exact) mass is 386 g/mol. The molecular weight excluding hydrogens is 372 g/mol. The molecule has 0 bridgehead atoms. The van der Waals surface area contributed by atoms with E-state index in [9.17, 15) is 0 Å². The quantitative estimate of drug-likeness (QED) is 0.150. The highest BCUT2D eigenvalue weighted by Crippen LogP contribution is 2.48. The van der Waals surface area contributed by atoms with Crippen LogP contribution in [0.3, 0.4) is 0 Å². The van der Waals surface area contributed by atoms with Crippen molar-refractivity contribution in [1.82, 2.24) is 0 Å². The van der Waals surface area contributed by atoms with Crippen LogP contribution in [0, 0.1) is 0 Å². The molecule has 0 N–H and O–H groups in total. The summed E-state index contributed by atoms with van der Waals surface area (Å²) in [5, 5.41) is 7.75. The number of benzene rings is 4. The Labute approximate surface area is 156 Å². The van der Waals surface area contributed by atoms with Crippen molar-refractivity contribution in [2.75, 3.05) is 7.11 Å². The second kappa shape index (κ2) is 7.50. The minimum Gasteiger partial charge on any atom is -0.308 e. The van der Waals surface area contributed by atoms with Gasteiger partial charge in [-0.1, -0.05) is 36.4 Å². The Hall–Kier alpha value is -0.980. The predicted molar refractivity (Wildman–Crippen MR) is 115 cm³/mol. The molecule has 0 saturated carbocycles. The molecule has 0 heterocycles. The van der Waals surface area contributed by atoms with Crippen LogP contribution in [0.5, 0.6) is 0 Å². The standard InChI is InChI=1S/C19H14OS4/c1-20-22-24-23-21-19-8-4-7-15-11-16-9-13-5-2-3-6-14(13)10-17(16)12-18(15)19/h2-12H,1H3. The third-order valence-corrected chi connectivity index (χ3v) is 9.36. The maximum absolute atomic E-state index is 5.01. The van der Waals surface area contributed by atoms with Crippen molar-refractivity contribution in [3.63, 3.8) is 0 Å². The molecule has 0 atom stereocenters. The summed E-state index contributed by atoms with van der Waals surface area (Å²) in [5.41, 5.74) is 0. The fourth-order valence-corrected chi connectivity index (χ4v) is 7.38. The van der Waals surface area contributed by atoms with E-state index >= 15 is 0 Å². The van der Waals surface area contributed by atoms with Crippen LogP contribution in [-0.4, -0.2) is 7.11 Å². The second-order valence-electron chi connectivity index (χ2n) is 5.33. The van der Waals surface area contributed by atoms with E-state index in [1.807, 2.05) is 0 Å². The molecular formula is C19H14OS4. The first-order valence-corrected chi connectivity index (χ1v) is 12.2. The van der Waals surface area contributed by atoms with Crippen LogP contribution < -0.4 is 0 Å². The number of hydrogen-bond donors (Lipinski definition) is 0. The maximum Gasteiger partial charge on any atom is 0.0746 e. The topological polar surface area (TPSA) is 9.23 Å². The van der Waals surface area contributed by atoms with Crippen LogP contribution in [-0.2, 0) is 4.18 Å². The van der Waals surface area contributed by atoms with Gasteiger partial charge < -0.3 is 4.18 Å². The molecule has 0 unspecified atom stereocenters. The van der Waals surface area contributed by atoms with E-state index in [2.05, 4.69) is 66.7 Å². The Balaban J connectivity index is 1.81. The normalized spacial score (nSPS) is 11.5. The molecule has 24 heavy (non-hydrogen) atoms. The van der Waals surface area contributed by atoms with Gasteiger partial charge in [-0.25, -0.2) is 0 Å². The van der Waals surface area contributed by atoms with Crippen molar-refractivity contribution >= 4 is 73.8 Å². The lowest BCUT2D eigenvalue weighted by molar-refractivity contribution is 0.498. The lowest BCUT2D eigenvalue weighted by atomic mass is 10.00. The molecule has 0 aliphatic carbocycles. The molecule has 0 saturated heterocycles. The van der Waals surface area contributed by atoms with Crippen molar-refractivity contribution in [2.24, 2.45) is 0 Å². The molecule has 5 heteroatoms. The van der Waals surface area contributed by atoms with Gasteiger partial charge in [-0.15, -0.1) is 0 Å². The third-order valence-electron chi connectivity index (χ3n) is 3.91. The molecule has 1 nitrogen and oxygen atoms in total. The van der Waals surface area contributed by atoms with Gasteiger partial charge in [-0.05, 0) is 83.3 Å². The molecule has 4 aromatic rings. The summed E-state index contributed by atoms with van der Waals surface area (Å²) in [5.74, 6) is 0. The van der Waals surface area contributed by atoms with Gasteiger partial charge in [-0.3, -0.25) is 0 Å². The summed E-state index contributed by atoms with van der Waals surface area (Å²) in [6.45, 7) is 0. The zero-order valence-electron chi connectivity index (χ0n) is 12.9. The average molecular weight is 387 g/mol. The van der Waals surface area contributed by atoms with Gasteiger partial charge in [-0.2, -0.15) is 0 Å². The molecule has 0 aliphatic heterocycles. The van der Waals surface area contributed by atoms with E-state index < -0.39 is 0 Å². The largest absolute Gasteiger partial charge is 0.308 e. The summed E-state index contributed by atoms with van der Waals surface area (Å²) in [6, 6.07) is 24.2. The van der Waals surface area contributed by atoms with Crippen molar-refractivity contribution in [1.29, 1.82) is 0 Å². The van der Waals surface area contributed by atoms with Crippen LogP contribution in [0.25, 0.3) is 32.3 Å². The van der Waals surface area contributed by atoms with E-state index in [0.29, 0.717) is 0 Å². The summed E-state index contributed by atoms with van der Waals surface area (Å²) in [4.78, 5) is 1.29. The first-order chi connectivity index (χ1) is 11.8. The fourth-order valence-electron chi connectivity index (χ4n) is 2.85. The van der Waals surface area contributed by atoms with Crippen LogP contribution in [0.2, 0.25) is 0 Å². The van der Waals surface area contributed by atoms with E-state index in [0.717, 1.165) is 0 Å². The highest BCUT2D eigenvalue weighted by Gasteiger charge is 2.06. The molecule has 0 aliphatic rings. The summed E-state index contributed by atoms with van der Waals surface area (Å²) < 4.78 is 5.01. The molecule has 120 valence electrons. The number of rotatable bonds is 5. The van der Waals surface area contributed by atoms with Crippen LogP contribution >= 0.6 is 41.5 Å². The molecule has 0 amide bonds. The van der Waals surface area contributed by atoms with Gasteiger partial charge in [0.15, 0.2) is 0 Å². The average Bonchev–Trinajstić information content (AvgIpc) is 2.62. The van der Waals surface area contributed by atoms with Gasteiger partial charge in [0, 0.05) is 14.7 Å². The second-order valence-corrected chi connectivity index (χ2v) is 10.9. The molecule has 4 aromatic carbocycles. The minimum atomic E-state index is 1.28. The Morgan fingerprint density at radius 1 is 0.667 bits per heavy atom. The molecule has 0 fully saturated rings. The van der Waals surface area contributed by atoms with Crippen molar-refractivity contribution in [2.45, 2.75) is 4.90 Å². The summed E-state index contributed by atoms with van der Waals surface area (Å²) >= 11 is 1.40. The van der Waals surface area contributed by atoms with E-state index in [1.165, 1.54) is 48.3 Å². The highest BCUT2D eigenvalue weighted by molar-refractivity contribution is 9.25. The Bertz CT molecular complexity index is 1020. The van der Waals surface area contributed by atoms with Gasteiger partial charge in [0.05, 0.1) is 18.2 Å². The molecule has 0 spiro atoms. The first-order valence-electron chi connectivity index (χ1n) is 7.41. The van der Waals surface area contributed by atoms with Gasteiger partial charge >= 0.3 is 0 Å². The lowest BCUT2D eigenvalue weighted by Gasteiger charge is -2.08. The predicted octanol–water partition coefficient (Wildman–Crippen LogP) is 7.74. The third kappa shape index (κ3) is 3.37. The Kier molecular flexibility index (Phi) is 5.15. The molecule has 0 aromatic heterocycles. The van der Waals surface area contributed by atoms with E-state index in [-0.39, 0.29) is 0 Å². The molecule has 4 rings (SSSR count). The van der Waals surface area contributed by atoms with E-state index in [1.54, 1.807) is 37.6 Å². The fraction of sp³-hybridized carbons (Fsp3) is 0.0526. The van der Waals surface area contributed by atoms with E-state index in [4.69, 9.17) is 4.18 Å². The molecule has 0 radical (unpaired) electrons. The number of hydrogen-bond acceptors (Lipinski definition) is 5. The van der Waals surface area contributed by atoms with Crippen LogP contribution in [0.1, 0.15) is 0 Å². The first kappa shape index (κ1) is 16.5. The van der Waals surface area contributed by atoms with Gasteiger partial charge in [0.25, 0.3) is 0 Å². The minimum absolute atomic E-state index is 1.28.